The number of benzene rings is 1. The third kappa shape index (κ3) is 7.00. The second-order valence-corrected chi connectivity index (χ2v) is 5.21. The van der Waals surface area contributed by atoms with E-state index in [1.54, 1.807) is 0 Å². The number of hydrogen-bond donors (Lipinski definition) is 1. The Kier molecular flexibility index (Phi) is 9.42. The number of carbonyl (C=O) groups excluding carboxylic acids is 1. The molecule has 0 aliphatic carbocycles. The average molecular weight is 311 g/mol. The van der Waals surface area contributed by atoms with Crippen molar-refractivity contribution in [3.05, 3.63) is 35.9 Å². The highest BCUT2D eigenvalue weighted by Gasteiger charge is 2.24. The molecule has 124 valence electrons. The first-order chi connectivity index (χ1) is 10.7. The summed E-state index contributed by atoms with van der Waals surface area (Å²) in [5.74, 6) is -0.104. The lowest BCUT2D eigenvalue weighted by Crippen LogP contribution is -2.44. The van der Waals surface area contributed by atoms with E-state index in [4.69, 9.17) is 9.47 Å². The van der Waals surface area contributed by atoms with Crippen molar-refractivity contribution in [2.45, 2.75) is 32.9 Å². The molecule has 1 aromatic rings. The normalized spacial score (nSPS) is 13.6. The third-order valence-electron chi connectivity index (χ3n) is 3.52. The maximum Gasteiger partial charge on any atom is 0.323 e. The largest absolute Gasteiger partial charge is 0.460 e. The van der Waals surface area contributed by atoms with E-state index in [-0.39, 0.29) is 31.1 Å². The molecule has 1 aromatic carbocycles. The molecule has 5 heteroatoms. The fourth-order valence-electron chi connectivity index (χ4n) is 2.01. The molecule has 0 radical (unpaired) electrons. The quantitative estimate of drug-likeness (QED) is 0.504. The number of alkyl halides is 1. The number of nitrogens with one attached hydrogen (secondary N) is 1. The molecule has 0 aliphatic heterocycles. The number of carbonyl (C=O) groups is 1. The van der Waals surface area contributed by atoms with Gasteiger partial charge in [0.1, 0.15) is 19.3 Å². The predicted molar refractivity (Wildman–Crippen MR) is 84.3 cm³/mol. The smallest absolute Gasteiger partial charge is 0.323 e. The van der Waals surface area contributed by atoms with Crippen LogP contribution in [0.3, 0.4) is 0 Å². The summed E-state index contributed by atoms with van der Waals surface area (Å²) in [4.78, 5) is 12.3. The van der Waals surface area contributed by atoms with Gasteiger partial charge in [-0.1, -0.05) is 50.6 Å². The Hall–Kier alpha value is -1.46. The summed E-state index contributed by atoms with van der Waals surface area (Å²) in [5.41, 5.74) is 0.963. The van der Waals surface area contributed by atoms with Gasteiger partial charge in [0.15, 0.2) is 0 Å². The fraction of sp³-hybridized carbons (Fsp3) is 0.588. The molecule has 4 nitrogen and oxygen atoms in total. The topological polar surface area (TPSA) is 47.6 Å². The molecule has 0 heterocycles. The summed E-state index contributed by atoms with van der Waals surface area (Å²) in [6.07, 6.45) is 0.865. The van der Waals surface area contributed by atoms with E-state index in [0.29, 0.717) is 13.2 Å². The first-order valence-electron chi connectivity index (χ1n) is 7.76. The van der Waals surface area contributed by atoms with Gasteiger partial charge in [-0.15, -0.1) is 0 Å². The van der Waals surface area contributed by atoms with Crippen molar-refractivity contribution in [3.8, 4) is 0 Å². The highest BCUT2D eigenvalue weighted by Crippen LogP contribution is 2.11. The summed E-state index contributed by atoms with van der Waals surface area (Å²) in [5, 5.41) is 3.14. The summed E-state index contributed by atoms with van der Waals surface area (Å²) in [6, 6.07) is 9.22. The molecular weight excluding hydrogens is 285 g/mol. The summed E-state index contributed by atoms with van der Waals surface area (Å²) in [7, 11) is 0. The molecule has 1 N–H and O–H groups in total. The van der Waals surface area contributed by atoms with E-state index in [2.05, 4.69) is 5.32 Å². The van der Waals surface area contributed by atoms with Crippen molar-refractivity contribution in [2.75, 3.05) is 26.4 Å². The Morgan fingerprint density at radius 2 is 2.00 bits per heavy atom. The Morgan fingerprint density at radius 1 is 1.27 bits per heavy atom. The highest BCUT2D eigenvalue weighted by molar-refractivity contribution is 5.76. The zero-order valence-corrected chi connectivity index (χ0v) is 13.4. The lowest BCUT2D eigenvalue weighted by molar-refractivity contribution is -0.149. The van der Waals surface area contributed by atoms with Crippen LogP contribution in [0.4, 0.5) is 4.39 Å². The maximum atomic E-state index is 12.3. The summed E-state index contributed by atoms with van der Waals surface area (Å²) < 4.78 is 22.4. The number of ether oxygens (including phenoxy) is 2. The van der Waals surface area contributed by atoms with Crippen molar-refractivity contribution in [1.82, 2.24) is 5.32 Å². The lowest BCUT2D eigenvalue weighted by Gasteiger charge is -2.22. The van der Waals surface area contributed by atoms with Crippen molar-refractivity contribution in [1.29, 1.82) is 0 Å². The molecular formula is C17H26FNO3. The minimum atomic E-state index is -0.492. The molecule has 0 aromatic heterocycles. The monoisotopic (exact) mass is 311 g/mol. The van der Waals surface area contributed by atoms with Gasteiger partial charge < -0.3 is 14.8 Å². The second kappa shape index (κ2) is 11.2. The third-order valence-corrected chi connectivity index (χ3v) is 3.52. The zero-order chi connectivity index (χ0) is 16.2. The van der Waals surface area contributed by atoms with E-state index < -0.39 is 6.67 Å². The van der Waals surface area contributed by atoms with Crippen LogP contribution in [0.2, 0.25) is 0 Å². The number of halogens is 1. The maximum absolute atomic E-state index is 12.3. The van der Waals surface area contributed by atoms with E-state index in [1.165, 1.54) is 0 Å². The second-order valence-electron chi connectivity index (χ2n) is 5.21. The summed E-state index contributed by atoms with van der Waals surface area (Å²) in [6.45, 7) is 4.78. The molecule has 0 amide bonds. The molecule has 0 saturated carbocycles. The minimum Gasteiger partial charge on any atom is -0.460 e. The van der Waals surface area contributed by atoms with Crippen LogP contribution in [0.5, 0.6) is 0 Å². The average Bonchev–Trinajstić information content (AvgIpc) is 2.56. The predicted octanol–water partition coefficient (Wildman–Crippen LogP) is 2.72. The first-order valence-corrected chi connectivity index (χ1v) is 7.76. The Morgan fingerprint density at radius 3 is 2.64 bits per heavy atom. The van der Waals surface area contributed by atoms with Crippen LogP contribution in [0.25, 0.3) is 0 Å². The molecule has 2 unspecified atom stereocenters. The molecule has 0 bridgehead atoms. The van der Waals surface area contributed by atoms with Gasteiger partial charge in [-0.2, -0.15) is 0 Å². The van der Waals surface area contributed by atoms with Gasteiger partial charge in [-0.3, -0.25) is 4.79 Å². The standard InChI is InChI=1S/C17H26FNO3/c1-3-14(2)16(19-10-12-21-11-9-18)17(20)22-13-15-7-5-4-6-8-15/h4-8,14,16,19H,3,9-13H2,1-2H3. The SMILES string of the molecule is CCC(C)C(NCCOCCF)C(=O)OCc1ccccc1. The molecule has 2 atom stereocenters. The van der Waals surface area contributed by atoms with Crippen LogP contribution in [0.15, 0.2) is 30.3 Å². The Balaban J connectivity index is 2.42. The molecule has 0 aliphatic rings. The summed E-state index contributed by atoms with van der Waals surface area (Å²) >= 11 is 0. The number of hydrogen-bond acceptors (Lipinski definition) is 4. The van der Waals surface area contributed by atoms with Gasteiger partial charge in [0.2, 0.25) is 0 Å². The van der Waals surface area contributed by atoms with Gasteiger partial charge in [-0.25, -0.2) is 4.39 Å². The molecule has 0 fully saturated rings. The van der Waals surface area contributed by atoms with Gasteiger partial charge in [-0.05, 0) is 11.5 Å². The van der Waals surface area contributed by atoms with Gasteiger partial charge in [0, 0.05) is 6.54 Å². The van der Waals surface area contributed by atoms with Crippen molar-refractivity contribution >= 4 is 5.97 Å². The first kappa shape index (κ1) is 18.6. The minimum absolute atomic E-state index is 0.0914. The molecule has 22 heavy (non-hydrogen) atoms. The van der Waals surface area contributed by atoms with Crippen LogP contribution in [0.1, 0.15) is 25.8 Å². The van der Waals surface area contributed by atoms with Crippen LogP contribution in [-0.4, -0.2) is 38.4 Å². The van der Waals surface area contributed by atoms with E-state index in [0.717, 1.165) is 12.0 Å². The zero-order valence-electron chi connectivity index (χ0n) is 13.4. The van der Waals surface area contributed by atoms with Crippen LogP contribution in [0, 0.1) is 5.92 Å². The number of esters is 1. The Labute approximate surface area is 132 Å². The number of rotatable bonds is 11. The van der Waals surface area contributed by atoms with Crippen molar-refractivity contribution < 1.29 is 18.7 Å². The molecule has 0 saturated heterocycles. The molecule has 1 rings (SSSR count). The Bertz CT molecular complexity index is 414. The van der Waals surface area contributed by atoms with E-state index in [1.807, 2.05) is 44.2 Å². The van der Waals surface area contributed by atoms with E-state index >= 15 is 0 Å². The lowest BCUT2D eigenvalue weighted by atomic mass is 9.99. The van der Waals surface area contributed by atoms with Gasteiger partial charge >= 0.3 is 5.97 Å². The van der Waals surface area contributed by atoms with Gasteiger partial charge in [0.25, 0.3) is 0 Å². The molecule has 0 spiro atoms. The van der Waals surface area contributed by atoms with Crippen LogP contribution < -0.4 is 5.32 Å². The van der Waals surface area contributed by atoms with Crippen molar-refractivity contribution in [3.63, 3.8) is 0 Å². The van der Waals surface area contributed by atoms with Gasteiger partial charge in [0.05, 0.1) is 13.2 Å². The van der Waals surface area contributed by atoms with E-state index in [9.17, 15) is 9.18 Å². The van der Waals surface area contributed by atoms with Crippen LogP contribution >= 0.6 is 0 Å². The van der Waals surface area contributed by atoms with Crippen molar-refractivity contribution in [2.24, 2.45) is 5.92 Å². The highest BCUT2D eigenvalue weighted by atomic mass is 19.1. The van der Waals surface area contributed by atoms with Crippen LogP contribution in [-0.2, 0) is 20.9 Å². The fourth-order valence-corrected chi connectivity index (χ4v) is 2.01.